The van der Waals surface area contributed by atoms with E-state index in [2.05, 4.69) is 16.8 Å². The molecule has 0 unspecified atom stereocenters. The fourth-order valence-electron chi connectivity index (χ4n) is 2.75. The van der Waals surface area contributed by atoms with E-state index in [4.69, 9.17) is 4.74 Å². The molecule has 27 heavy (non-hydrogen) atoms. The molecule has 1 aromatic heterocycles. The number of rotatable bonds is 8. The van der Waals surface area contributed by atoms with Gasteiger partial charge in [0.15, 0.2) is 0 Å². The molecule has 2 aromatic carbocycles. The number of aromatic hydroxyl groups is 1. The van der Waals surface area contributed by atoms with Gasteiger partial charge in [0.1, 0.15) is 22.5 Å². The standard InChI is InChI=1S/C21H23N3O3/c1-15(2)21(26)27-13-7-3-4-8-16-11-12-20(25)19(14-16)24-22-17-9-5-6-10-18(17)23-24/h5-6,9-12,14,25H,1,3-4,7-8,13H2,2H3. The van der Waals surface area contributed by atoms with Crippen LogP contribution in [0.3, 0.4) is 0 Å². The number of phenols is 1. The molecule has 0 saturated heterocycles. The van der Waals surface area contributed by atoms with Crippen molar-refractivity contribution in [1.82, 2.24) is 15.0 Å². The Bertz CT molecular complexity index is 929. The Morgan fingerprint density at radius 3 is 2.48 bits per heavy atom. The van der Waals surface area contributed by atoms with E-state index in [1.165, 1.54) is 4.80 Å². The van der Waals surface area contributed by atoms with Crippen LogP contribution in [-0.2, 0) is 16.0 Å². The number of unbranched alkanes of at least 4 members (excludes halogenated alkanes) is 2. The van der Waals surface area contributed by atoms with Crippen molar-refractivity contribution >= 4 is 17.0 Å². The number of carbonyl (C=O) groups is 1. The lowest BCUT2D eigenvalue weighted by Gasteiger charge is -2.07. The lowest BCUT2D eigenvalue weighted by molar-refractivity contribution is -0.139. The third-order valence-electron chi connectivity index (χ3n) is 4.23. The van der Waals surface area contributed by atoms with Gasteiger partial charge < -0.3 is 9.84 Å². The maximum absolute atomic E-state index is 11.3. The predicted octanol–water partition coefficient (Wildman–Crippen LogP) is 3.96. The van der Waals surface area contributed by atoms with E-state index < -0.39 is 0 Å². The number of benzene rings is 2. The Kier molecular flexibility index (Phi) is 5.86. The van der Waals surface area contributed by atoms with Gasteiger partial charge in [-0.05, 0) is 62.4 Å². The number of carbonyl (C=O) groups excluding carboxylic acids is 1. The largest absolute Gasteiger partial charge is 0.506 e. The highest BCUT2D eigenvalue weighted by atomic mass is 16.5. The van der Waals surface area contributed by atoms with Crippen LogP contribution < -0.4 is 0 Å². The molecule has 0 aliphatic carbocycles. The Hall–Kier alpha value is -3.15. The summed E-state index contributed by atoms with van der Waals surface area (Å²) in [6.07, 6.45) is 3.59. The van der Waals surface area contributed by atoms with Gasteiger partial charge in [-0.15, -0.1) is 15.0 Å². The van der Waals surface area contributed by atoms with Crippen LogP contribution in [0, 0.1) is 0 Å². The van der Waals surface area contributed by atoms with E-state index in [1.54, 1.807) is 13.0 Å². The maximum atomic E-state index is 11.3. The molecule has 6 heteroatoms. The number of nitrogens with zero attached hydrogens (tertiary/aromatic N) is 3. The van der Waals surface area contributed by atoms with E-state index in [9.17, 15) is 9.90 Å². The summed E-state index contributed by atoms with van der Waals surface area (Å²) in [5.74, 6) is -0.192. The minimum absolute atomic E-state index is 0.144. The first-order valence-electron chi connectivity index (χ1n) is 9.01. The quantitative estimate of drug-likeness (QED) is 0.371. The number of fused-ring (bicyclic) bond motifs is 1. The molecule has 0 spiro atoms. The first-order valence-corrected chi connectivity index (χ1v) is 9.01. The highest BCUT2D eigenvalue weighted by Crippen LogP contribution is 2.24. The number of aryl methyl sites for hydroxylation is 1. The average molecular weight is 365 g/mol. The van der Waals surface area contributed by atoms with Crippen molar-refractivity contribution in [3.05, 3.63) is 60.2 Å². The van der Waals surface area contributed by atoms with Crippen LogP contribution in [0.2, 0.25) is 0 Å². The fraction of sp³-hybridized carbons (Fsp3) is 0.286. The van der Waals surface area contributed by atoms with E-state index >= 15 is 0 Å². The van der Waals surface area contributed by atoms with E-state index in [0.717, 1.165) is 42.3 Å². The SMILES string of the molecule is C=C(C)C(=O)OCCCCCc1ccc(O)c(-n2nc3ccccc3n2)c1. The zero-order chi connectivity index (χ0) is 19.2. The van der Waals surface area contributed by atoms with Gasteiger partial charge in [-0.3, -0.25) is 0 Å². The number of aromatic nitrogens is 3. The fourth-order valence-corrected chi connectivity index (χ4v) is 2.75. The Balaban J connectivity index is 1.57. The summed E-state index contributed by atoms with van der Waals surface area (Å²) in [6, 6.07) is 13.1. The van der Waals surface area contributed by atoms with Gasteiger partial charge in [0.2, 0.25) is 0 Å². The number of esters is 1. The molecular weight excluding hydrogens is 342 g/mol. The van der Waals surface area contributed by atoms with Crippen LogP contribution in [0.1, 0.15) is 31.7 Å². The summed E-state index contributed by atoms with van der Waals surface area (Å²) in [5.41, 5.74) is 3.66. The number of phenolic OH excluding ortho intramolecular Hbond substituents is 1. The Morgan fingerprint density at radius 2 is 1.81 bits per heavy atom. The highest BCUT2D eigenvalue weighted by molar-refractivity contribution is 5.86. The topological polar surface area (TPSA) is 77.2 Å². The van der Waals surface area contributed by atoms with Crippen molar-refractivity contribution in [3.8, 4) is 11.4 Å². The van der Waals surface area contributed by atoms with Gasteiger partial charge in [0.25, 0.3) is 0 Å². The summed E-state index contributed by atoms with van der Waals surface area (Å²) >= 11 is 0. The number of hydrogen-bond donors (Lipinski definition) is 1. The molecule has 0 aliphatic heterocycles. The van der Waals surface area contributed by atoms with Gasteiger partial charge in [0, 0.05) is 5.57 Å². The van der Waals surface area contributed by atoms with Crippen molar-refractivity contribution in [3.63, 3.8) is 0 Å². The molecule has 0 amide bonds. The minimum atomic E-state index is -0.336. The molecule has 3 rings (SSSR count). The molecular formula is C21H23N3O3. The van der Waals surface area contributed by atoms with Crippen LogP contribution >= 0.6 is 0 Å². The van der Waals surface area contributed by atoms with Crippen molar-refractivity contribution < 1.29 is 14.6 Å². The number of hydrogen-bond acceptors (Lipinski definition) is 5. The molecule has 0 atom stereocenters. The van der Waals surface area contributed by atoms with Crippen LogP contribution in [0.4, 0.5) is 0 Å². The third kappa shape index (κ3) is 4.73. The van der Waals surface area contributed by atoms with Crippen molar-refractivity contribution in [1.29, 1.82) is 0 Å². The Morgan fingerprint density at radius 1 is 1.11 bits per heavy atom. The summed E-state index contributed by atoms with van der Waals surface area (Å²) in [6.45, 7) is 5.61. The van der Waals surface area contributed by atoms with Crippen LogP contribution in [0.25, 0.3) is 16.7 Å². The molecule has 0 saturated carbocycles. The second kappa shape index (κ2) is 8.49. The van der Waals surface area contributed by atoms with Gasteiger partial charge in [0.05, 0.1) is 6.61 Å². The van der Waals surface area contributed by atoms with Crippen molar-refractivity contribution in [2.75, 3.05) is 6.61 Å². The van der Waals surface area contributed by atoms with Gasteiger partial charge in [-0.2, -0.15) is 0 Å². The average Bonchev–Trinajstić information content (AvgIpc) is 3.09. The molecule has 0 aliphatic rings. The third-order valence-corrected chi connectivity index (χ3v) is 4.23. The van der Waals surface area contributed by atoms with E-state index in [-0.39, 0.29) is 11.7 Å². The van der Waals surface area contributed by atoms with Gasteiger partial charge in [-0.25, -0.2) is 4.79 Å². The molecule has 0 fully saturated rings. The van der Waals surface area contributed by atoms with E-state index in [1.807, 2.05) is 36.4 Å². The number of ether oxygens (including phenoxy) is 1. The molecule has 140 valence electrons. The normalized spacial score (nSPS) is 10.9. The molecule has 1 heterocycles. The smallest absolute Gasteiger partial charge is 0.333 e. The predicted molar refractivity (Wildman–Crippen MR) is 104 cm³/mol. The first-order chi connectivity index (χ1) is 13.0. The van der Waals surface area contributed by atoms with Crippen LogP contribution in [-0.4, -0.2) is 32.7 Å². The summed E-state index contributed by atoms with van der Waals surface area (Å²) in [7, 11) is 0. The highest BCUT2D eigenvalue weighted by Gasteiger charge is 2.10. The second-order valence-electron chi connectivity index (χ2n) is 6.53. The molecule has 1 N–H and O–H groups in total. The second-order valence-corrected chi connectivity index (χ2v) is 6.53. The summed E-state index contributed by atoms with van der Waals surface area (Å²) < 4.78 is 5.09. The zero-order valence-corrected chi connectivity index (χ0v) is 15.4. The molecule has 0 bridgehead atoms. The molecule has 6 nitrogen and oxygen atoms in total. The van der Waals surface area contributed by atoms with Crippen molar-refractivity contribution in [2.45, 2.75) is 32.6 Å². The van der Waals surface area contributed by atoms with Crippen LogP contribution in [0.15, 0.2) is 54.6 Å². The maximum Gasteiger partial charge on any atom is 0.333 e. The summed E-state index contributed by atoms with van der Waals surface area (Å²) in [4.78, 5) is 12.8. The van der Waals surface area contributed by atoms with Gasteiger partial charge >= 0.3 is 5.97 Å². The van der Waals surface area contributed by atoms with Gasteiger partial charge in [-0.1, -0.05) is 24.8 Å². The monoisotopic (exact) mass is 365 g/mol. The van der Waals surface area contributed by atoms with Crippen LogP contribution in [0.5, 0.6) is 5.75 Å². The Labute approximate surface area is 158 Å². The molecule has 3 aromatic rings. The van der Waals surface area contributed by atoms with E-state index in [0.29, 0.717) is 17.9 Å². The first kappa shape index (κ1) is 18.6. The lowest BCUT2D eigenvalue weighted by atomic mass is 10.1. The summed E-state index contributed by atoms with van der Waals surface area (Å²) in [5, 5.41) is 19.0. The minimum Gasteiger partial charge on any atom is -0.506 e. The lowest BCUT2D eigenvalue weighted by Crippen LogP contribution is -2.06. The van der Waals surface area contributed by atoms with Crippen molar-refractivity contribution in [2.24, 2.45) is 0 Å². The zero-order valence-electron chi connectivity index (χ0n) is 15.4. The molecule has 0 radical (unpaired) electrons.